The number of phenolic OH excluding ortho intramolecular Hbond substituents is 1. The Kier molecular flexibility index (Phi) is 7.74. The maximum atomic E-state index is 13.3. The second-order valence-corrected chi connectivity index (χ2v) is 17.7. The summed E-state index contributed by atoms with van der Waals surface area (Å²) in [6.07, 6.45) is 0.590. The number of aromatic hydroxyl groups is 1. The molecule has 2 aromatic rings. The molecule has 1 aliphatic rings. The summed E-state index contributed by atoms with van der Waals surface area (Å²) >= 11 is 0. The Labute approximate surface area is 210 Å². The number of nitrogens with one attached hydrogen (secondary N) is 1. The summed E-state index contributed by atoms with van der Waals surface area (Å²) in [5, 5.41) is 8.73. The molecule has 2 atom stereocenters. The molecule has 0 aromatic heterocycles. The van der Waals surface area contributed by atoms with Gasteiger partial charge in [-0.15, -0.1) is 0 Å². The van der Waals surface area contributed by atoms with E-state index in [4.69, 9.17) is 14.2 Å². The Morgan fingerprint density at radius 3 is 2.26 bits per heavy atom. The number of amidine groups is 1. The largest absolute Gasteiger partial charge is 0.508 e. The second-order valence-electron chi connectivity index (χ2n) is 11.1. The van der Waals surface area contributed by atoms with Crippen molar-refractivity contribution in [2.24, 2.45) is 4.99 Å². The van der Waals surface area contributed by atoms with Gasteiger partial charge >= 0.3 is 0 Å². The van der Waals surface area contributed by atoms with Gasteiger partial charge in [0, 0.05) is 6.61 Å². The Morgan fingerprint density at radius 1 is 1.11 bits per heavy atom. The van der Waals surface area contributed by atoms with Crippen LogP contribution in [0.1, 0.15) is 63.5 Å². The number of rotatable bonds is 7. The molecule has 0 saturated carbocycles. The maximum Gasteiger partial charge on any atom is 0.299 e. The van der Waals surface area contributed by atoms with E-state index in [-0.39, 0.29) is 22.9 Å². The zero-order valence-electron chi connectivity index (χ0n) is 21.7. The summed E-state index contributed by atoms with van der Waals surface area (Å²) in [5.41, 5.74) is 0.403. The summed E-state index contributed by atoms with van der Waals surface area (Å²) in [6.45, 7) is 15.0. The van der Waals surface area contributed by atoms with Crippen LogP contribution in [0.2, 0.25) is 18.1 Å². The average Bonchev–Trinajstić information content (AvgIpc) is 2.72. The van der Waals surface area contributed by atoms with Crippen molar-refractivity contribution in [3.63, 3.8) is 0 Å². The number of hydrogen-bond donors (Lipinski definition) is 2. The van der Waals surface area contributed by atoms with E-state index in [0.29, 0.717) is 18.6 Å². The molecule has 0 bridgehead atoms. The monoisotopic (exact) mass is 518 g/mol. The smallest absolute Gasteiger partial charge is 0.299 e. The van der Waals surface area contributed by atoms with Crippen LogP contribution in [0.5, 0.6) is 5.75 Å². The average molecular weight is 519 g/mol. The highest BCUT2D eigenvalue weighted by Gasteiger charge is 2.48. The molecule has 1 unspecified atom stereocenters. The van der Waals surface area contributed by atoms with Crippen molar-refractivity contribution >= 4 is 24.4 Å². The quantitative estimate of drug-likeness (QED) is 0.460. The highest BCUT2D eigenvalue weighted by atomic mass is 32.2. The lowest BCUT2D eigenvalue weighted by Gasteiger charge is -2.39. The molecule has 1 aliphatic heterocycles. The number of benzene rings is 2. The van der Waals surface area contributed by atoms with E-state index >= 15 is 0 Å². The first-order valence-corrected chi connectivity index (χ1v) is 16.3. The zero-order chi connectivity index (χ0) is 26.1. The van der Waals surface area contributed by atoms with Gasteiger partial charge in [-0.2, -0.15) is 0 Å². The fraction of sp³-hybridized carbons (Fsp3) is 0.500. The van der Waals surface area contributed by atoms with Crippen molar-refractivity contribution in [2.45, 2.75) is 76.1 Å². The minimum atomic E-state index is -3.85. The SMILES string of the molecule is CC1(C)OC(=N[C@@H](CCO[Si](C)(C)C(C)(C)C)c2ccccc2)NS(=O)(=O)C1c1ccc(O)cc1. The predicted molar refractivity (Wildman–Crippen MR) is 142 cm³/mol. The molecular weight excluding hydrogens is 480 g/mol. The highest BCUT2D eigenvalue weighted by Crippen LogP contribution is 2.40. The molecule has 9 heteroatoms. The molecule has 0 radical (unpaired) electrons. The lowest BCUT2D eigenvalue weighted by molar-refractivity contribution is 0.0758. The number of phenols is 1. The van der Waals surface area contributed by atoms with Gasteiger partial charge in [-0.25, -0.2) is 18.1 Å². The normalized spacial score (nSPS) is 21.7. The van der Waals surface area contributed by atoms with E-state index in [9.17, 15) is 13.5 Å². The minimum absolute atomic E-state index is 0.0220. The summed E-state index contributed by atoms with van der Waals surface area (Å²) in [5.74, 6) is 0.0708. The maximum absolute atomic E-state index is 13.3. The van der Waals surface area contributed by atoms with Crippen LogP contribution in [0.3, 0.4) is 0 Å². The van der Waals surface area contributed by atoms with Crippen molar-refractivity contribution in [3.8, 4) is 5.75 Å². The molecule has 1 heterocycles. The summed E-state index contributed by atoms with van der Waals surface area (Å²) < 4.78 is 41.7. The lowest BCUT2D eigenvalue weighted by Crippen LogP contribution is -2.53. The molecule has 0 spiro atoms. The van der Waals surface area contributed by atoms with Crippen molar-refractivity contribution in [1.82, 2.24) is 4.72 Å². The van der Waals surface area contributed by atoms with Gasteiger partial charge in [0.25, 0.3) is 6.02 Å². The highest BCUT2D eigenvalue weighted by molar-refractivity contribution is 7.90. The predicted octanol–water partition coefficient (Wildman–Crippen LogP) is 5.67. The fourth-order valence-electron chi connectivity index (χ4n) is 3.92. The number of sulfonamides is 1. The molecule has 192 valence electrons. The number of aliphatic imine (C=N–C) groups is 1. The zero-order valence-corrected chi connectivity index (χ0v) is 23.5. The van der Waals surface area contributed by atoms with Gasteiger partial charge < -0.3 is 14.3 Å². The minimum Gasteiger partial charge on any atom is -0.508 e. The Balaban J connectivity index is 1.87. The van der Waals surface area contributed by atoms with Gasteiger partial charge in [-0.05, 0) is 61.7 Å². The summed E-state index contributed by atoms with van der Waals surface area (Å²) in [6, 6.07) is 15.5. The van der Waals surface area contributed by atoms with Gasteiger partial charge in [0.05, 0.1) is 6.04 Å². The molecular formula is C26H38N2O5SSi. The van der Waals surface area contributed by atoms with E-state index in [1.165, 1.54) is 12.1 Å². The number of ether oxygens (including phenoxy) is 1. The Bertz CT molecular complexity index is 1140. The van der Waals surface area contributed by atoms with Gasteiger partial charge in [-0.3, -0.25) is 0 Å². The van der Waals surface area contributed by atoms with E-state index in [1.807, 2.05) is 30.3 Å². The molecule has 0 amide bonds. The molecule has 1 fully saturated rings. The van der Waals surface area contributed by atoms with Crippen LogP contribution >= 0.6 is 0 Å². The molecule has 1 saturated heterocycles. The first-order chi connectivity index (χ1) is 16.1. The third-order valence-corrected chi connectivity index (χ3v) is 13.3. The summed E-state index contributed by atoms with van der Waals surface area (Å²) in [7, 11) is -5.78. The molecule has 35 heavy (non-hydrogen) atoms. The van der Waals surface area contributed by atoms with Gasteiger partial charge in [-0.1, -0.05) is 63.2 Å². The van der Waals surface area contributed by atoms with Crippen LogP contribution in [-0.2, 0) is 19.2 Å². The summed E-state index contributed by atoms with van der Waals surface area (Å²) in [4.78, 5) is 4.72. The van der Waals surface area contributed by atoms with E-state index in [1.54, 1.807) is 26.0 Å². The molecule has 7 nitrogen and oxygen atoms in total. The molecule has 2 N–H and O–H groups in total. The Hall–Kier alpha value is -2.36. The van der Waals surface area contributed by atoms with Crippen molar-refractivity contribution in [1.29, 1.82) is 0 Å². The van der Waals surface area contributed by atoms with Crippen molar-refractivity contribution < 1.29 is 22.7 Å². The van der Waals surface area contributed by atoms with Crippen LogP contribution < -0.4 is 4.72 Å². The third kappa shape index (κ3) is 6.45. The van der Waals surface area contributed by atoms with Crippen LogP contribution in [0.15, 0.2) is 59.6 Å². The molecule has 3 rings (SSSR count). The second kappa shape index (κ2) is 9.95. The van der Waals surface area contributed by atoms with Crippen LogP contribution in [0, 0.1) is 0 Å². The van der Waals surface area contributed by atoms with Gasteiger partial charge in [0.1, 0.15) is 16.6 Å². The molecule has 0 aliphatic carbocycles. The molecule has 2 aromatic carbocycles. The van der Waals surface area contributed by atoms with Gasteiger partial charge in [0.2, 0.25) is 10.0 Å². The van der Waals surface area contributed by atoms with Crippen LogP contribution in [-0.4, -0.2) is 40.1 Å². The topological polar surface area (TPSA) is 97.2 Å². The van der Waals surface area contributed by atoms with Crippen molar-refractivity contribution in [2.75, 3.05) is 6.61 Å². The van der Waals surface area contributed by atoms with E-state index in [0.717, 1.165) is 5.56 Å². The lowest BCUT2D eigenvalue weighted by atomic mass is 9.97. The number of hydrogen-bond acceptors (Lipinski definition) is 6. The number of nitrogens with zero attached hydrogens (tertiary/aromatic N) is 1. The van der Waals surface area contributed by atoms with Crippen LogP contribution in [0.25, 0.3) is 0 Å². The van der Waals surface area contributed by atoms with E-state index in [2.05, 4.69) is 38.6 Å². The third-order valence-electron chi connectivity index (χ3n) is 6.84. The first kappa shape index (κ1) is 27.2. The van der Waals surface area contributed by atoms with E-state index < -0.39 is 29.2 Å². The fourth-order valence-corrected chi connectivity index (χ4v) is 6.75. The van der Waals surface area contributed by atoms with Crippen LogP contribution in [0.4, 0.5) is 0 Å². The van der Waals surface area contributed by atoms with Crippen molar-refractivity contribution in [3.05, 3.63) is 65.7 Å². The van der Waals surface area contributed by atoms with Gasteiger partial charge in [0.15, 0.2) is 8.32 Å². The standard InChI is InChI=1S/C26H38N2O5SSi/c1-25(2,3)35(6,7)32-18-17-22(19-11-9-8-10-12-19)27-24-28-34(30,31)23(26(4,5)33-24)20-13-15-21(29)16-14-20/h8-16,22-23,29H,17-18H2,1-7H3,(H,27,28)/t22-,23?/m0/s1. The Morgan fingerprint density at radius 2 is 1.71 bits per heavy atom. The first-order valence-electron chi connectivity index (χ1n) is 11.9.